The van der Waals surface area contributed by atoms with Crippen LogP contribution >= 0.6 is 0 Å². The molecule has 0 aromatic carbocycles. The molecule has 0 saturated heterocycles. The molecule has 1 saturated carbocycles. The quantitative estimate of drug-likeness (QED) is 0.378. The second-order valence-electron chi connectivity index (χ2n) is 2.63. The van der Waals surface area contributed by atoms with Crippen LogP contribution in [0.25, 0.3) is 0 Å². The van der Waals surface area contributed by atoms with E-state index in [2.05, 4.69) is 0 Å². The summed E-state index contributed by atoms with van der Waals surface area (Å²) in [6, 6.07) is 0. The Morgan fingerprint density at radius 3 is 2.18 bits per heavy atom. The van der Waals surface area contributed by atoms with E-state index < -0.39 is 5.97 Å². The van der Waals surface area contributed by atoms with Crippen LogP contribution in [0.2, 0.25) is 0 Å². The summed E-state index contributed by atoms with van der Waals surface area (Å²) in [4.78, 5) is 20.9. The first-order valence-electron chi connectivity index (χ1n) is 3.42. The number of carboxylic acids is 1. The van der Waals surface area contributed by atoms with Gasteiger partial charge in [-0.3, -0.25) is 4.79 Å². The van der Waals surface area contributed by atoms with Crippen LogP contribution in [0.15, 0.2) is 0 Å². The third kappa shape index (κ3) is 3.36. The number of carbonyl (C=O) groups is 2. The van der Waals surface area contributed by atoms with Crippen molar-refractivity contribution >= 4 is 11.8 Å². The zero-order chi connectivity index (χ0) is 7.56. The fourth-order valence-corrected chi connectivity index (χ4v) is 1.18. The van der Waals surface area contributed by atoms with Crippen LogP contribution in [-0.2, 0) is 9.59 Å². The number of hydrogen-bond acceptors (Lipinski definition) is 3. The van der Waals surface area contributed by atoms with Gasteiger partial charge in [0.25, 0.3) is 0 Å². The summed E-state index contributed by atoms with van der Waals surface area (Å²) >= 11 is 0. The molecule has 56 valence electrons. The van der Waals surface area contributed by atoms with Crippen molar-refractivity contribution in [2.45, 2.75) is 25.7 Å². The average molecular weight is 164 g/mol. The second-order valence-corrected chi connectivity index (χ2v) is 2.63. The van der Waals surface area contributed by atoms with Gasteiger partial charge in [0.05, 0.1) is 0 Å². The molecule has 4 heteroatoms. The molecule has 0 aromatic rings. The molecule has 0 aromatic heterocycles. The molecule has 0 unspecified atom stereocenters. The molecule has 1 aliphatic carbocycles. The maximum Gasteiger partial charge on any atom is 1.00 e. The molecule has 0 radical (unpaired) electrons. The number of carbonyl (C=O) groups excluding carboxylic acids is 2. The Morgan fingerprint density at radius 2 is 1.82 bits per heavy atom. The second kappa shape index (κ2) is 4.91. The Morgan fingerprint density at radius 1 is 1.36 bits per heavy atom. The van der Waals surface area contributed by atoms with Gasteiger partial charge in [0.1, 0.15) is 5.78 Å². The first-order chi connectivity index (χ1) is 4.70. The van der Waals surface area contributed by atoms with Crippen LogP contribution in [0, 0.1) is 5.92 Å². The molecule has 0 N–H and O–H groups in total. The van der Waals surface area contributed by atoms with Gasteiger partial charge >= 0.3 is 29.6 Å². The zero-order valence-electron chi connectivity index (χ0n) is 6.63. The Bertz CT molecular complexity index is 157. The van der Waals surface area contributed by atoms with E-state index in [1.165, 1.54) is 0 Å². The summed E-state index contributed by atoms with van der Waals surface area (Å²) in [5.74, 6) is -1.21. The Balaban J connectivity index is 0.000001000. The van der Waals surface area contributed by atoms with Gasteiger partial charge in [-0.15, -0.1) is 0 Å². The molecule has 0 heterocycles. The van der Waals surface area contributed by atoms with Gasteiger partial charge in [-0.1, -0.05) is 0 Å². The number of hydrogen-bond donors (Lipinski definition) is 0. The molecule has 0 bridgehead atoms. The summed E-state index contributed by atoms with van der Waals surface area (Å²) in [7, 11) is 0. The van der Waals surface area contributed by atoms with Crippen LogP contribution in [0.1, 0.15) is 25.7 Å². The van der Waals surface area contributed by atoms with Crippen LogP contribution in [0.3, 0.4) is 0 Å². The smallest absolute Gasteiger partial charge is 0.550 e. The summed E-state index contributed by atoms with van der Waals surface area (Å²) in [5, 5.41) is 10.2. The largest absolute Gasteiger partial charge is 1.00 e. The molecule has 0 atom stereocenters. The number of ketones is 1. The molecule has 1 fully saturated rings. The average Bonchev–Trinajstić information content (AvgIpc) is 1.88. The number of carboxylic acid groups (broad SMARTS) is 1. The predicted octanol–water partition coefficient (Wildman–Crippen LogP) is -3.50. The number of Topliss-reactive ketones (excluding diaryl/α,β-unsaturated/α-hetero) is 1. The minimum Gasteiger partial charge on any atom is -0.550 e. The SMILES string of the molecule is O=C1CCC(C(=O)[O-])CC1.[Na+]. The fraction of sp³-hybridized carbons (Fsp3) is 0.714. The summed E-state index contributed by atoms with van der Waals surface area (Å²) in [5.41, 5.74) is 0. The van der Waals surface area contributed by atoms with E-state index in [0.29, 0.717) is 25.7 Å². The molecule has 3 nitrogen and oxygen atoms in total. The maximum absolute atomic E-state index is 10.6. The number of rotatable bonds is 1. The Labute approximate surface area is 87.5 Å². The van der Waals surface area contributed by atoms with Gasteiger partial charge in [-0.2, -0.15) is 0 Å². The van der Waals surface area contributed by atoms with E-state index in [9.17, 15) is 14.7 Å². The molecular formula is C7H9NaO3. The molecule has 11 heavy (non-hydrogen) atoms. The Kier molecular flexibility index (Phi) is 4.97. The topological polar surface area (TPSA) is 57.2 Å². The van der Waals surface area contributed by atoms with E-state index >= 15 is 0 Å². The van der Waals surface area contributed by atoms with Crippen LogP contribution in [0.4, 0.5) is 0 Å². The van der Waals surface area contributed by atoms with E-state index in [1.54, 1.807) is 0 Å². The molecule has 0 spiro atoms. The third-order valence-electron chi connectivity index (χ3n) is 1.88. The standard InChI is InChI=1S/C7H10O3.Na/c8-6-3-1-5(2-4-6)7(9)10;/h5H,1-4H2,(H,9,10);/q;+1/p-1. The van der Waals surface area contributed by atoms with Crippen molar-refractivity contribution in [2.75, 3.05) is 0 Å². The van der Waals surface area contributed by atoms with E-state index in [-0.39, 0.29) is 41.3 Å². The summed E-state index contributed by atoms with van der Waals surface area (Å²) in [6.07, 6.45) is 1.78. The van der Waals surface area contributed by atoms with Gasteiger partial charge in [-0.05, 0) is 18.8 Å². The van der Waals surface area contributed by atoms with Crippen molar-refractivity contribution < 1.29 is 44.3 Å². The van der Waals surface area contributed by atoms with Crippen molar-refractivity contribution in [2.24, 2.45) is 5.92 Å². The van der Waals surface area contributed by atoms with Crippen molar-refractivity contribution in [1.29, 1.82) is 0 Å². The van der Waals surface area contributed by atoms with Gasteiger partial charge < -0.3 is 9.90 Å². The van der Waals surface area contributed by atoms with Gasteiger partial charge in [0.2, 0.25) is 0 Å². The van der Waals surface area contributed by atoms with Crippen LogP contribution in [0.5, 0.6) is 0 Å². The third-order valence-corrected chi connectivity index (χ3v) is 1.88. The molecular weight excluding hydrogens is 155 g/mol. The van der Waals surface area contributed by atoms with Crippen LogP contribution in [-0.4, -0.2) is 11.8 Å². The van der Waals surface area contributed by atoms with Crippen molar-refractivity contribution in [3.8, 4) is 0 Å². The normalized spacial score (nSPS) is 19.1. The Hall–Kier alpha value is 0.140. The van der Waals surface area contributed by atoms with E-state index in [0.717, 1.165) is 0 Å². The first-order valence-corrected chi connectivity index (χ1v) is 3.42. The van der Waals surface area contributed by atoms with Crippen molar-refractivity contribution in [3.05, 3.63) is 0 Å². The summed E-state index contributed by atoms with van der Waals surface area (Å²) in [6.45, 7) is 0. The number of aliphatic carboxylic acids is 1. The minimum absolute atomic E-state index is 0. The first kappa shape index (κ1) is 11.1. The van der Waals surface area contributed by atoms with Gasteiger partial charge in [-0.25, -0.2) is 0 Å². The molecule has 0 aliphatic heterocycles. The predicted molar refractivity (Wildman–Crippen MR) is 32.0 cm³/mol. The fourth-order valence-electron chi connectivity index (χ4n) is 1.18. The van der Waals surface area contributed by atoms with Crippen molar-refractivity contribution in [1.82, 2.24) is 0 Å². The maximum atomic E-state index is 10.6. The molecule has 0 amide bonds. The minimum atomic E-state index is -1.01. The van der Waals surface area contributed by atoms with Crippen molar-refractivity contribution in [3.63, 3.8) is 0 Å². The molecule has 1 aliphatic rings. The monoisotopic (exact) mass is 164 g/mol. The summed E-state index contributed by atoms with van der Waals surface area (Å²) < 4.78 is 0. The van der Waals surface area contributed by atoms with Gasteiger partial charge in [0.15, 0.2) is 0 Å². The molecule has 1 rings (SSSR count). The van der Waals surface area contributed by atoms with Crippen LogP contribution < -0.4 is 34.7 Å². The van der Waals surface area contributed by atoms with Gasteiger partial charge in [0, 0.05) is 18.8 Å². The zero-order valence-corrected chi connectivity index (χ0v) is 8.63. The van der Waals surface area contributed by atoms with E-state index in [1.807, 2.05) is 0 Å². The van der Waals surface area contributed by atoms with E-state index in [4.69, 9.17) is 0 Å².